The first-order chi connectivity index (χ1) is 6.69. The van der Waals surface area contributed by atoms with Gasteiger partial charge in [0.1, 0.15) is 5.75 Å². The number of benzene rings is 1. The molecule has 0 aliphatic rings. The number of anilines is 1. The predicted molar refractivity (Wildman–Crippen MR) is 61.2 cm³/mol. The average molecular weight is 193 g/mol. The first-order valence-electron chi connectivity index (χ1n) is 5.10. The molecule has 0 unspecified atom stereocenters. The molecule has 0 amide bonds. The van der Waals surface area contributed by atoms with Gasteiger partial charge in [0, 0.05) is 6.54 Å². The van der Waals surface area contributed by atoms with Gasteiger partial charge in [-0.15, -0.1) is 0 Å². The number of methoxy groups -OCH3 is 1. The van der Waals surface area contributed by atoms with Gasteiger partial charge in [0.25, 0.3) is 0 Å². The minimum atomic E-state index is 0.541. The molecule has 78 valence electrons. The molecular weight excluding hydrogens is 174 g/mol. The van der Waals surface area contributed by atoms with Crippen molar-refractivity contribution >= 4 is 5.69 Å². The Hall–Kier alpha value is -1.18. The molecule has 0 spiro atoms. The lowest BCUT2D eigenvalue weighted by Crippen LogP contribution is -2.00. The zero-order valence-corrected chi connectivity index (χ0v) is 9.42. The van der Waals surface area contributed by atoms with Gasteiger partial charge in [-0.05, 0) is 30.5 Å². The summed E-state index contributed by atoms with van der Waals surface area (Å²) in [5.74, 6) is 1.47. The smallest absolute Gasteiger partial charge is 0.142 e. The molecule has 0 aliphatic heterocycles. The van der Waals surface area contributed by atoms with E-state index < -0.39 is 0 Å². The van der Waals surface area contributed by atoms with Gasteiger partial charge in [-0.1, -0.05) is 19.9 Å². The van der Waals surface area contributed by atoms with Gasteiger partial charge in [-0.3, -0.25) is 0 Å². The van der Waals surface area contributed by atoms with Gasteiger partial charge in [0.2, 0.25) is 0 Å². The minimum Gasteiger partial charge on any atom is -0.495 e. The van der Waals surface area contributed by atoms with Crippen LogP contribution in [0.2, 0.25) is 0 Å². The number of hydrogen-bond acceptors (Lipinski definition) is 2. The molecule has 0 fully saturated rings. The second kappa shape index (κ2) is 4.89. The lowest BCUT2D eigenvalue weighted by molar-refractivity contribution is 0.415. The van der Waals surface area contributed by atoms with Gasteiger partial charge in [0.15, 0.2) is 0 Å². The van der Waals surface area contributed by atoms with Crippen molar-refractivity contribution in [3.8, 4) is 5.75 Å². The SMILES string of the molecule is CCNc1ccc(C(C)C)cc1OC. The number of rotatable bonds is 4. The maximum absolute atomic E-state index is 5.33. The van der Waals surface area contributed by atoms with Crippen molar-refractivity contribution in [1.29, 1.82) is 0 Å². The molecular formula is C12H19NO. The van der Waals surface area contributed by atoms with E-state index in [1.54, 1.807) is 7.11 Å². The largest absolute Gasteiger partial charge is 0.495 e. The van der Waals surface area contributed by atoms with E-state index in [4.69, 9.17) is 4.74 Å². The normalized spacial score (nSPS) is 10.4. The van der Waals surface area contributed by atoms with E-state index in [1.807, 2.05) is 0 Å². The Balaban J connectivity index is 2.98. The highest BCUT2D eigenvalue weighted by Crippen LogP contribution is 2.28. The van der Waals surface area contributed by atoms with Crippen molar-refractivity contribution < 1.29 is 4.74 Å². The highest BCUT2D eigenvalue weighted by molar-refractivity contribution is 5.58. The summed E-state index contributed by atoms with van der Waals surface area (Å²) in [7, 11) is 1.71. The first kappa shape index (κ1) is 10.9. The summed E-state index contributed by atoms with van der Waals surface area (Å²) < 4.78 is 5.33. The van der Waals surface area contributed by atoms with Gasteiger partial charge in [-0.25, -0.2) is 0 Å². The number of hydrogen-bond donors (Lipinski definition) is 1. The topological polar surface area (TPSA) is 21.3 Å². The van der Waals surface area contributed by atoms with Gasteiger partial charge < -0.3 is 10.1 Å². The quantitative estimate of drug-likeness (QED) is 0.792. The van der Waals surface area contributed by atoms with E-state index in [-0.39, 0.29) is 0 Å². The van der Waals surface area contributed by atoms with E-state index in [9.17, 15) is 0 Å². The fraction of sp³-hybridized carbons (Fsp3) is 0.500. The van der Waals surface area contributed by atoms with Crippen molar-refractivity contribution in [3.05, 3.63) is 23.8 Å². The summed E-state index contributed by atoms with van der Waals surface area (Å²) in [5, 5.41) is 3.27. The maximum atomic E-state index is 5.33. The second-order valence-corrected chi connectivity index (χ2v) is 3.64. The number of nitrogens with one attached hydrogen (secondary N) is 1. The lowest BCUT2D eigenvalue weighted by atomic mass is 10.0. The highest BCUT2D eigenvalue weighted by Gasteiger charge is 2.05. The van der Waals surface area contributed by atoms with E-state index in [2.05, 4.69) is 44.3 Å². The zero-order valence-electron chi connectivity index (χ0n) is 9.42. The van der Waals surface area contributed by atoms with Crippen molar-refractivity contribution in [2.75, 3.05) is 19.0 Å². The molecule has 1 rings (SSSR count). The Morgan fingerprint density at radius 2 is 2.07 bits per heavy atom. The summed E-state index contributed by atoms with van der Waals surface area (Å²) in [4.78, 5) is 0. The van der Waals surface area contributed by atoms with Crippen LogP contribution in [0.1, 0.15) is 32.3 Å². The standard InChI is InChI=1S/C12H19NO/c1-5-13-11-7-6-10(9(2)3)8-12(11)14-4/h6-9,13H,5H2,1-4H3. The summed E-state index contributed by atoms with van der Waals surface area (Å²) in [5.41, 5.74) is 2.38. The van der Waals surface area contributed by atoms with Gasteiger partial charge in [-0.2, -0.15) is 0 Å². The molecule has 0 heterocycles. The molecule has 0 bridgehead atoms. The molecule has 0 saturated heterocycles. The van der Waals surface area contributed by atoms with E-state index in [1.165, 1.54) is 5.56 Å². The van der Waals surface area contributed by atoms with Crippen LogP contribution in [-0.2, 0) is 0 Å². The fourth-order valence-electron chi connectivity index (χ4n) is 1.40. The summed E-state index contributed by atoms with van der Waals surface area (Å²) in [6.07, 6.45) is 0. The molecule has 1 aromatic carbocycles. The summed E-state index contributed by atoms with van der Waals surface area (Å²) in [6, 6.07) is 6.32. The maximum Gasteiger partial charge on any atom is 0.142 e. The van der Waals surface area contributed by atoms with E-state index in [0.29, 0.717) is 5.92 Å². The molecule has 2 nitrogen and oxygen atoms in total. The van der Waals surface area contributed by atoms with Gasteiger partial charge in [0.05, 0.1) is 12.8 Å². The predicted octanol–water partition coefficient (Wildman–Crippen LogP) is 3.25. The molecule has 0 atom stereocenters. The third-order valence-corrected chi connectivity index (χ3v) is 2.26. The summed E-state index contributed by atoms with van der Waals surface area (Å²) in [6.45, 7) is 7.36. The minimum absolute atomic E-state index is 0.541. The Kier molecular flexibility index (Phi) is 3.81. The van der Waals surface area contributed by atoms with Crippen LogP contribution in [0.4, 0.5) is 5.69 Å². The van der Waals surface area contributed by atoms with Crippen LogP contribution >= 0.6 is 0 Å². The second-order valence-electron chi connectivity index (χ2n) is 3.64. The van der Waals surface area contributed by atoms with Crippen molar-refractivity contribution in [2.45, 2.75) is 26.7 Å². The Morgan fingerprint density at radius 1 is 1.36 bits per heavy atom. The highest BCUT2D eigenvalue weighted by atomic mass is 16.5. The molecule has 14 heavy (non-hydrogen) atoms. The molecule has 1 N–H and O–H groups in total. The third kappa shape index (κ3) is 2.41. The number of ether oxygens (including phenoxy) is 1. The van der Waals surface area contributed by atoms with Crippen molar-refractivity contribution in [2.24, 2.45) is 0 Å². The van der Waals surface area contributed by atoms with Crippen molar-refractivity contribution in [3.63, 3.8) is 0 Å². The molecule has 0 aromatic heterocycles. The van der Waals surface area contributed by atoms with Crippen LogP contribution in [-0.4, -0.2) is 13.7 Å². The van der Waals surface area contributed by atoms with Gasteiger partial charge >= 0.3 is 0 Å². The lowest BCUT2D eigenvalue weighted by Gasteiger charge is -2.13. The van der Waals surface area contributed by atoms with Crippen LogP contribution in [0.3, 0.4) is 0 Å². The molecule has 0 saturated carbocycles. The molecule has 0 aliphatic carbocycles. The van der Waals surface area contributed by atoms with Crippen LogP contribution < -0.4 is 10.1 Å². The average Bonchev–Trinajstić information content (AvgIpc) is 2.18. The van der Waals surface area contributed by atoms with Crippen LogP contribution in [0.5, 0.6) is 5.75 Å². The zero-order chi connectivity index (χ0) is 10.6. The molecule has 1 aromatic rings. The fourth-order valence-corrected chi connectivity index (χ4v) is 1.40. The summed E-state index contributed by atoms with van der Waals surface area (Å²) >= 11 is 0. The molecule has 2 heteroatoms. The Labute approximate surface area is 86.3 Å². The third-order valence-electron chi connectivity index (χ3n) is 2.26. The van der Waals surface area contributed by atoms with Crippen LogP contribution in [0.25, 0.3) is 0 Å². The van der Waals surface area contributed by atoms with E-state index >= 15 is 0 Å². The van der Waals surface area contributed by atoms with Crippen LogP contribution in [0, 0.1) is 0 Å². The van der Waals surface area contributed by atoms with Crippen LogP contribution in [0.15, 0.2) is 18.2 Å². The first-order valence-corrected chi connectivity index (χ1v) is 5.10. The Bertz CT molecular complexity index is 294. The van der Waals surface area contributed by atoms with Crippen molar-refractivity contribution in [1.82, 2.24) is 0 Å². The monoisotopic (exact) mass is 193 g/mol. The Morgan fingerprint density at radius 3 is 2.57 bits per heavy atom. The van der Waals surface area contributed by atoms with E-state index in [0.717, 1.165) is 18.0 Å². The molecule has 0 radical (unpaired) electrons.